The van der Waals surface area contributed by atoms with Crippen LogP contribution in [-0.4, -0.2) is 28.0 Å². The van der Waals surface area contributed by atoms with Crippen molar-refractivity contribution in [1.82, 2.24) is 9.55 Å². The summed E-state index contributed by atoms with van der Waals surface area (Å²) < 4.78 is 20.5. The van der Waals surface area contributed by atoms with Crippen LogP contribution in [0.15, 0.2) is 54.9 Å². The summed E-state index contributed by atoms with van der Waals surface area (Å²) in [5, 5.41) is 2.59. The zero-order valence-electron chi connectivity index (χ0n) is 14.9. The number of ether oxygens (including phenoxy) is 1. The summed E-state index contributed by atoms with van der Waals surface area (Å²) in [6.45, 7) is 3.78. The summed E-state index contributed by atoms with van der Waals surface area (Å²) in [5.41, 5.74) is 1.56. The highest BCUT2D eigenvalue weighted by molar-refractivity contribution is 6.07. The van der Waals surface area contributed by atoms with Gasteiger partial charge < -0.3 is 10.1 Å². The fourth-order valence-corrected chi connectivity index (χ4v) is 2.54. The smallest absolute Gasteiger partial charge is 0.360 e. The molecule has 0 unspecified atom stereocenters. The van der Waals surface area contributed by atoms with E-state index in [1.165, 1.54) is 24.5 Å². The van der Waals surface area contributed by atoms with Crippen molar-refractivity contribution in [3.05, 3.63) is 77.5 Å². The number of hydrogen-bond donors (Lipinski definition) is 1. The van der Waals surface area contributed by atoms with Crippen LogP contribution in [0.5, 0.6) is 0 Å². The van der Waals surface area contributed by atoms with Crippen molar-refractivity contribution >= 4 is 17.7 Å². The fraction of sp³-hybridized carbons (Fsp3) is 0.150. The van der Waals surface area contributed by atoms with E-state index < -0.39 is 17.7 Å². The molecule has 0 spiro atoms. The number of halogens is 1. The second-order valence-electron chi connectivity index (χ2n) is 5.80. The van der Waals surface area contributed by atoms with Crippen LogP contribution >= 0.6 is 0 Å². The molecular weight excluding hydrogens is 349 g/mol. The Hall–Kier alpha value is -3.48. The zero-order valence-corrected chi connectivity index (χ0v) is 14.9. The van der Waals surface area contributed by atoms with Crippen LogP contribution in [-0.2, 0) is 4.74 Å². The van der Waals surface area contributed by atoms with E-state index in [1.54, 1.807) is 17.6 Å². The van der Waals surface area contributed by atoms with Crippen molar-refractivity contribution < 1.29 is 18.7 Å². The molecule has 0 saturated heterocycles. The SMILES string of the molecule is CCOC(=O)c1ncn(-c2ccc(C)cc2)c1NC(=O)c1ccccc1F. The molecule has 7 heteroatoms. The van der Waals surface area contributed by atoms with E-state index >= 15 is 0 Å². The number of benzene rings is 2. The first kappa shape index (κ1) is 18.3. The molecule has 3 rings (SSSR count). The Morgan fingerprint density at radius 1 is 1.15 bits per heavy atom. The van der Waals surface area contributed by atoms with Crippen molar-refractivity contribution in [2.24, 2.45) is 0 Å². The van der Waals surface area contributed by atoms with Gasteiger partial charge in [-0.25, -0.2) is 14.2 Å². The maximum Gasteiger partial charge on any atom is 0.360 e. The maximum atomic E-state index is 13.9. The number of aryl methyl sites for hydroxylation is 1. The van der Waals surface area contributed by atoms with Gasteiger partial charge in [0.1, 0.15) is 12.1 Å². The summed E-state index contributed by atoms with van der Waals surface area (Å²) in [6, 6.07) is 13.0. The van der Waals surface area contributed by atoms with E-state index in [4.69, 9.17) is 4.74 Å². The van der Waals surface area contributed by atoms with E-state index in [-0.39, 0.29) is 23.7 Å². The van der Waals surface area contributed by atoms with Gasteiger partial charge in [-0.05, 0) is 38.1 Å². The van der Waals surface area contributed by atoms with Gasteiger partial charge in [0, 0.05) is 5.69 Å². The van der Waals surface area contributed by atoms with Gasteiger partial charge in [-0.3, -0.25) is 9.36 Å². The standard InChI is InChI=1S/C20H18FN3O3/c1-3-27-20(26)17-18(23-19(25)15-6-4-5-7-16(15)21)24(12-22-17)14-10-8-13(2)9-11-14/h4-12H,3H2,1-2H3,(H,23,25). The Kier molecular flexibility index (Phi) is 5.30. The fourth-order valence-electron chi connectivity index (χ4n) is 2.54. The molecule has 0 saturated carbocycles. The van der Waals surface area contributed by atoms with Gasteiger partial charge in [-0.1, -0.05) is 29.8 Å². The van der Waals surface area contributed by atoms with E-state index in [0.717, 1.165) is 5.56 Å². The normalized spacial score (nSPS) is 10.5. The minimum atomic E-state index is -0.687. The van der Waals surface area contributed by atoms with Gasteiger partial charge in [0.25, 0.3) is 5.91 Å². The third kappa shape index (κ3) is 3.87. The zero-order chi connectivity index (χ0) is 19.4. The monoisotopic (exact) mass is 367 g/mol. The van der Waals surface area contributed by atoms with Gasteiger partial charge in [-0.15, -0.1) is 0 Å². The molecule has 0 aliphatic heterocycles. The quantitative estimate of drug-likeness (QED) is 0.697. The lowest BCUT2D eigenvalue weighted by Crippen LogP contribution is -2.19. The lowest BCUT2D eigenvalue weighted by molar-refractivity contribution is 0.0521. The first-order valence-corrected chi connectivity index (χ1v) is 8.38. The number of nitrogens with one attached hydrogen (secondary N) is 1. The van der Waals surface area contributed by atoms with Crippen LogP contribution in [0, 0.1) is 12.7 Å². The van der Waals surface area contributed by atoms with Crippen LogP contribution in [0.2, 0.25) is 0 Å². The Balaban J connectivity index is 2.03. The number of anilines is 1. The molecule has 0 fully saturated rings. The lowest BCUT2D eigenvalue weighted by atomic mass is 10.2. The molecule has 1 aromatic heterocycles. The molecule has 1 heterocycles. The van der Waals surface area contributed by atoms with Gasteiger partial charge in [0.05, 0.1) is 12.2 Å². The second kappa shape index (κ2) is 7.82. The minimum absolute atomic E-state index is 0.0536. The largest absolute Gasteiger partial charge is 0.461 e. The third-order valence-corrected chi connectivity index (χ3v) is 3.90. The number of aromatic nitrogens is 2. The summed E-state index contributed by atoms with van der Waals surface area (Å²) >= 11 is 0. The molecule has 0 radical (unpaired) electrons. The second-order valence-corrected chi connectivity index (χ2v) is 5.80. The lowest BCUT2D eigenvalue weighted by Gasteiger charge is -2.12. The Morgan fingerprint density at radius 3 is 2.52 bits per heavy atom. The van der Waals surface area contributed by atoms with Crippen molar-refractivity contribution in [3.63, 3.8) is 0 Å². The maximum absolute atomic E-state index is 13.9. The molecule has 3 aromatic rings. The molecular formula is C20H18FN3O3. The molecule has 1 amide bonds. The number of carbonyl (C=O) groups excluding carboxylic acids is 2. The number of carbonyl (C=O) groups is 2. The molecule has 0 aliphatic carbocycles. The Labute approximate surface area is 155 Å². The minimum Gasteiger partial charge on any atom is -0.461 e. The van der Waals surface area contributed by atoms with Crippen LogP contribution in [0.1, 0.15) is 33.3 Å². The predicted octanol–water partition coefficient (Wildman–Crippen LogP) is 3.75. The van der Waals surface area contributed by atoms with E-state index in [2.05, 4.69) is 10.3 Å². The average molecular weight is 367 g/mol. The van der Waals surface area contributed by atoms with Crippen molar-refractivity contribution in [1.29, 1.82) is 0 Å². The van der Waals surface area contributed by atoms with Crippen LogP contribution < -0.4 is 5.32 Å². The number of imidazole rings is 1. The van der Waals surface area contributed by atoms with Crippen molar-refractivity contribution in [2.75, 3.05) is 11.9 Å². The van der Waals surface area contributed by atoms with Crippen molar-refractivity contribution in [3.8, 4) is 5.69 Å². The molecule has 138 valence electrons. The van der Waals surface area contributed by atoms with Crippen LogP contribution in [0.4, 0.5) is 10.2 Å². The van der Waals surface area contributed by atoms with Crippen LogP contribution in [0.3, 0.4) is 0 Å². The molecule has 1 N–H and O–H groups in total. The predicted molar refractivity (Wildman–Crippen MR) is 98.6 cm³/mol. The first-order valence-electron chi connectivity index (χ1n) is 8.38. The van der Waals surface area contributed by atoms with Crippen LogP contribution in [0.25, 0.3) is 5.69 Å². The number of hydrogen-bond acceptors (Lipinski definition) is 4. The molecule has 0 atom stereocenters. The van der Waals surface area contributed by atoms with E-state index in [9.17, 15) is 14.0 Å². The molecule has 0 bridgehead atoms. The summed E-state index contributed by atoms with van der Waals surface area (Å²) in [6.07, 6.45) is 1.41. The summed E-state index contributed by atoms with van der Waals surface area (Å²) in [4.78, 5) is 28.9. The number of esters is 1. The highest BCUT2D eigenvalue weighted by Crippen LogP contribution is 2.22. The van der Waals surface area contributed by atoms with Gasteiger partial charge in [0.15, 0.2) is 11.5 Å². The molecule has 27 heavy (non-hydrogen) atoms. The van der Waals surface area contributed by atoms with Crippen molar-refractivity contribution in [2.45, 2.75) is 13.8 Å². The van der Waals surface area contributed by atoms with Gasteiger partial charge in [0.2, 0.25) is 0 Å². The topological polar surface area (TPSA) is 73.2 Å². The summed E-state index contributed by atoms with van der Waals surface area (Å²) in [5.74, 6) is -1.90. The Morgan fingerprint density at radius 2 is 1.85 bits per heavy atom. The number of nitrogens with zero attached hydrogens (tertiary/aromatic N) is 2. The number of amides is 1. The highest BCUT2D eigenvalue weighted by Gasteiger charge is 2.23. The molecule has 2 aromatic carbocycles. The first-order chi connectivity index (χ1) is 13.0. The van der Waals surface area contributed by atoms with E-state index in [0.29, 0.717) is 5.69 Å². The Bertz CT molecular complexity index is 980. The average Bonchev–Trinajstić information content (AvgIpc) is 3.06. The third-order valence-electron chi connectivity index (χ3n) is 3.90. The summed E-state index contributed by atoms with van der Waals surface area (Å²) in [7, 11) is 0. The molecule has 6 nitrogen and oxygen atoms in total. The highest BCUT2D eigenvalue weighted by atomic mass is 19.1. The van der Waals surface area contributed by atoms with Gasteiger partial charge in [-0.2, -0.15) is 0 Å². The van der Waals surface area contributed by atoms with E-state index in [1.807, 2.05) is 31.2 Å². The number of rotatable bonds is 5. The van der Waals surface area contributed by atoms with Gasteiger partial charge >= 0.3 is 5.97 Å². The molecule has 0 aliphatic rings.